The third kappa shape index (κ3) is 21.3. The molecule has 0 bridgehead atoms. The topological polar surface area (TPSA) is 194 Å². The van der Waals surface area contributed by atoms with Crippen LogP contribution in [0.15, 0.2) is 12.2 Å². The van der Waals surface area contributed by atoms with E-state index in [9.17, 15) is 28.8 Å². The van der Waals surface area contributed by atoms with Crippen LogP contribution >= 0.6 is 0 Å². The SMILES string of the molecule is COCCOCCCC(=O)OCC(COC(=O)NCCOCCOC)OCCCC(=O)CCCNC(=O)CCN1C(=O)C=CC1=O. The van der Waals surface area contributed by atoms with Crippen molar-refractivity contribution in [2.24, 2.45) is 0 Å². The number of nitrogens with one attached hydrogen (secondary N) is 2. The van der Waals surface area contributed by atoms with Gasteiger partial charge in [0.1, 0.15) is 25.1 Å². The van der Waals surface area contributed by atoms with Crippen LogP contribution in [0.4, 0.5) is 4.79 Å². The molecule has 0 fully saturated rings. The number of ether oxygens (including phenoxy) is 7. The lowest BCUT2D eigenvalue weighted by atomic mass is 10.1. The summed E-state index contributed by atoms with van der Waals surface area (Å²) < 4.78 is 36.6. The van der Waals surface area contributed by atoms with Gasteiger partial charge in [-0.3, -0.25) is 28.9 Å². The summed E-state index contributed by atoms with van der Waals surface area (Å²) in [5, 5.41) is 5.22. The standard InChI is InChI=1S/C30H49N3O13/c1-40-18-20-42-15-5-8-29(38)45-22-25(23-46-30(39)32-13-17-43-21-19-41-2)44-16-4-7-24(34)6-3-12-31-26(35)11-14-33-27(36)9-10-28(33)37/h9-10,25H,3-8,11-23H2,1-2H3,(H,31,35)(H,32,39). The molecule has 0 spiro atoms. The van der Waals surface area contributed by atoms with E-state index in [0.29, 0.717) is 52.3 Å². The highest BCUT2D eigenvalue weighted by Crippen LogP contribution is 2.06. The van der Waals surface area contributed by atoms with Crippen LogP contribution in [-0.2, 0) is 57.1 Å². The van der Waals surface area contributed by atoms with E-state index in [4.69, 9.17) is 33.2 Å². The van der Waals surface area contributed by atoms with E-state index in [0.717, 1.165) is 17.1 Å². The van der Waals surface area contributed by atoms with Gasteiger partial charge >= 0.3 is 12.1 Å². The van der Waals surface area contributed by atoms with E-state index in [1.165, 1.54) is 0 Å². The summed E-state index contributed by atoms with van der Waals surface area (Å²) in [5.74, 6) is -1.66. The number of alkyl carbamates (subject to hydrolysis) is 1. The van der Waals surface area contributed by atoms with Gasteiger partial charge < -0.3 is 43.8 Å². The highest BCUT2D eigenvalue weighted by atomic mass is 16.6. The van der Waals surface area contributed by atoms with Crippen molar-refractivity contribution in [1.82, 2.24) is 15.5 Å². The van der Waals surface area contributed by atoms with Gasteiger partial charge in [-0.05, 0) is 19.3 Å². The number of nitrogens with zero attached hydrogens (tertiary/aromatic N) is 1. The van der Waals surface area contributed by atoms with Crippen LogP contribution in [-0.4, -0.2) is 140 Å². The Morgan fingerprint density at radius 2 is 1.33 bits per heavy atom. The Labute approximate surface area is 269 Å². The molecule has 0 saturated carbocycles. The van der Waals surface area contributed by atoms with Gasteiger partial charge in [0.25, 0.3) is 11.8 Å². The lowest BCUT2D eigenvalue weighted by Gasteiger charge is -2.18. The molecule has 1 rings (SSSR count). The molecule has 262 valence electrons. The molecule has 1 aliphatic rings. The minimum Gasteiger partial charge on any atom is -0.463 e. The Hall–Kier alpha value is -3.44. The summed E-state index contributed by atoms with van der Waals surface area (Å²) in [6.07, 6.45) is 2.83. The van der Waals surface area contributed by atoms with Crippen LogP contribution < -0.4 is 10.6 Å². The van der Waals surface area contributed by atoms with Crippen molar-refractivity contribution in [2.75, 3.05) is 93.3 Å². The maximum atomic E-state index is 12.3. The zero-order valence-corrected chi connectivity index (χ0v) is 26.9. The molecular weight excluding hydrogens is 610 g/mol. The number of esters is 1. The third-order valence-electron chi connectivity index (χ3n) is 6.25. The molecule has 4 amide bonds. The molecule has 2 N–H and O–H groups in total. The Morgan fingerprint density at radius 3 is 2.02 bits per heavy atom. The molecule has 0 radical (unpaired) electrons. The predicted molar refractivity (Wildman–Crippen MR) is 162 cm³/mol. The van der Waals surface area contributed by atoms with Crippen molar-refractivity contribution >= 4 is 35.6 Å². The molecule has 0 aromatic rings. The molecule has 1 unspecified atom stereocenters. The highest BCUT2D eigenvalue weighted by Gasteiger charge is 2.23. The number of ketones is 1. The number of rotatable bonds is 29. The van der Waals surface area contributed by atoms with Gasteiger partial charge in [-0.1, -0.05) is 0 Å². The van der Waals surface area contributed by atoms with Crippen molar-refractivity contribution < 1.29 is 61.9 Å². The molecule has 16 nitrogen and oxygen atoms in total. The van der Waals surface area contributed by atoms with E-state index < -0.39 is 30.0 Å². The maximum absolute atomic E-state index is 12.3. The fraction of sp³-hybridized carbons (Fsp3) is 0.733. The third-order valence-corrected chi connectivity index (χ3v) is 6.25. The lowest BCUT2D eigenvalue weighted by Crippen LogP contribution is -2.35. The lowest BCUT2D eigenvalue weighted by molar-refractivity contribution is -0.149. The number of imide groups is 1. The van der Waals surface area contributed by atoms with Crippen LogP contribution in [0.3, 0.4) is 0 Å². The molecule has 1 aliphatic heterocycles. The fourth-order valence-corrected chi connectivity index (χ4v) is 3.77. The molecule has 0 saturated heterocycles. The van der Waals surface area contributed by atoms with E-state index in [-0.39, 0.29) is 83.4 Å². The van der Waals surface area contributed by atoms with Crippen LogP contribution in [0.2, 0.25) is 0 Å². The Morgan fingerprint density at radius 1 is 0.696 bits per heavy atom. The van der Waals surface area contributed by atoms with Crippen LogP contribution in [0.25, 0.3) is 0 Å². The van der Waals surface area contributed by atoms with Gasteiger partial charge in [-0.25, -0.2) is 4.79 Å². The molecule has 46 heavy (non-hydrogen) atoms. The number of carbonyl (C=O) groups is 6. The molecule has 1 atom stereocenters. The second-order valence-corrected chi connectivity index (χ2v) is 10.0. The smallest absolute Gasteiger partial charge is 0.407 e. The number of methoxy groups -OCH3 is 2. The summed E-state index contributed by atoms with van der Waals surface area (Å²) >= 11 is 0. The number of carbonyl (C=O) groups excluding carboxylic acids is 6. The monoisotopic (exact) mass is 659 g/mol. The van der Waals surface area contributed by atoms with Crippen LogP contribution in [0.1, 0.15) is 44.9 Å². The Kier molecular flexibility index (Phi) is 23.6. The van der Waals surface area contributed by atoms with Gasteiger partial charge in [0.2, 0.25) is 5.91 Å². The van der Waals surface area contributed by atoms with Crippen LogP contribution in [0.5, 0.6) is 0 Å². The average Bonchev–Trinajstić information content (AvgIpc) is 3.36. The van der Waals surface area contributed by atoms with Gasteiger partial charge in [0.15, 0.2) is 0 Å². The van der Waals surface area contributed by atoms with Gasteiger partial charge in [0, 0.05) is 84.9 Å². The molecule has 16 heteroatoms. The Bertz CT molecular complexity index is 910. The first-order valence-electron chi connectivity index (χ1n) is 15.4. The first kappa shape index (κ1) is 40.6. The fourth-order valence-electron chi connectivity index (χ4n) is 3.77. The van der Waals surface area contributed by atoms with Gasteiger partial charge in [-0.15, -0.1) is 0 Å². The summed E-state index contributed by atoms with van der Waals surface area (Å²) in [6, 6.07) is 0. The molecule has 0 aromatic carbocycles. The average molecular weight is 660 g/mol. The molecular formula is C30H49N3O13. The number of amides is 4. The summed E-state index contributed by atoms with van der Waals surface area (Å²) in [5.41, 5.74) is 0. The summed E-state index contributed by atoms with van der Waals surface area (Å²) in [6.45, 7) is 2.79. The number of Topliss-reactive ketones (excluding diaryl/α,β-unsaturated/α-hetero) is 1. The van der Waals surface area contributed by atoms with E-state index in [1.807, 2.05) is 0 Å². The van der Waals surface area contributed by atoms with Gasteiger partial charge in [-0.2, -0.15) is 0 Å². The van der Waals surface area contributed by atoms with E-state index >= 15 is 0 Å². The predicted octanol–water partition coefficient (Wildman–Crippen LogP) is 0.308. The largest absolute Gasteiger partial charge is 0.463 e. The van der Waals surface area contributed by atoms with Crippen molar-refractivity contribution in [3.63, 3.8) is 0 Å². The second-order valence-electron chi connectivity index (χ2n) is 10.0. The van der Waals surface area contributed by atoms with Crippen LogP contribution in [0, 0.1) is 0 Å². The first-order valence-corrected chi connectivity index (χ1v) is 15.4. The molecule has 1 heterocycles. The van der Waals surface area contributed by atoms with Crippen molar-refractivity contribution in [3.8, 4) is 0 Å². The Balaban J connectivity index is 2.29. The van der Waals surface area contributed by atoms with Crippen molar-refractivity contribution in [1.29, 1.82) is 0 Å². The van der Waals surface area contributed by atoms with E-state index in [1.54, 1.807) is 14.2 Å². The second kappa shape index (κ2) is 26.7. The highest BCUT2D eigenvalue weighted by molar-refractivity contribution is 6.13. The quantitative estimate of drug-likeness (QED) is 0.0633. The van der Waals surface area contributed by atoms with Crippen molar-refractivity contribution in [2.45, 2.75) is 51.0 Å². The zero-order chi connectivity index (χ0) is 33.8. The molecule has 0 aliphatic carbocycles. The van der Waals surface area contributed by atoms with Gasteiger partial charge in [0.05, 0.1) is 33.0 Å². The zero-order valence-electron chi connectivity index (χ0n) is 26.9. The summed E-state index contributed by atoms with van der Waals surface area (Å²) in [4.78, 5) is 72.4. The normalized spacial score (nSPS) is 13.1. The number of hydrogen-bond donors (Lipinski definition) is 2. The van der Waals surface area contributed by atoms with E-state index in [2.05, 4.69) is 10.6 Å². The number of hydrogen-bond acceptors (Lipinski definition) is 13. The minimum atomic E-state index is -0.738. The maximum Gasteiger partial charge on any atom is 0.407 e. The minimum absolute atomic E-state index is 0.000114. The first-order chi connectivity index (χ1) is 22.3. The molecule has 0 aromatic heterocycles. The summed E-state index contributed by atoms with van der Waals surface area (Å²) in [7, 11) is 3.13. The van der Waals surface area contributed by atoms with Crippen molar-refractivity contribution in [3.05, 3.63) is 12.2 Å².